The lowest BCUT2D eigenvalue weighted by Crippen LogP contribution is -2.21. The van der Waals surface area contributed by atoms with E-state index in [9.17, 15) is 0 Å². The Bertz CT molecular complexity index is 599. The predicted octanol–water partition coefficient (Wildman–Crippen LogP) is 3.69. The predicted molar refractivity (Wildman–Crippen MR) is 87.1 cm³/mol. The lowest BCUT2D eigenvalue weighted by molar-refractivity contribution is 0.341. The molecule has 0 amide bonds. The Balaban J connectivity index is 2.46. The van der Waals surface area contributed by atoms with E-state index in [-0.39, 0.29) is 6.04 Å². The number of nitrogens with two attached hydrogens (primary N) is 1. The van der Waals surface area contributed by atoms with Gasteiger partial charge in [-0.1, -0.05) is 18.2 Å². The standard InChI is InChI=1S/C16H19BrN2O/c1-19(2)16(11-5-4-6-13(18)9-11)12-7-8-15(20-3)14(17)10-12/h4-10,16H,18H2,1-3H3. The highest BCUT2D eigenvalue weighted by Crippen LogP contribution is 2.33. The maximum atomic E-state index is 5.90. The van der Waals surface area contributed by atoms with Crippen molar-refractivity contribution in [3.05, 3.63) is 58.1 Å². The molecule has 0 heterocycles. The van der Waals surface area contributed by atoms with E-state index in [1.54, 1.807) is 7.11 Å². The van der Waals surface area contributed by atoms with Crippen LogP contribution in [0.15, 0.2) is 46.9 Å². The summed E-state index contributed by atoms with van der Waals surface area (Å²) in [5.74, 6) is 0.832. The van der Waals surface area contributed by atoms with E-state index < -0.39 is 0 Å². The number of halogens is 1. The molecule has 4 heteroatoms. The number of ether oxygens (including phenoxy) is 1. The number of hydrogen-bond donors (Lipinski definition) is 1. The van der Waals surface area contributed by atoms with Gasteiger partial charge < -0.3 is 10.5 Å². The van der Waals surface area contributed by atoms with Crippen LogP contribution in [0.3, 0.4) is 0 Å². The Kier molecular flexibility index (Phi) is 4.68. The number of nitrogen functional groups attached to an aromatic ring is 1. The van der Waals surface area contributed by atoms with E-state index in [4.69, 9.17) is 10.5 Å². The smallest absolute Gasteiger partial charge is 0.133 e. The summed E-state index contributed by atoms with van der Waals surface area (Å²) in [4.78, 5) is 2.17. The molecule has 1 unspecified atom stereocenters. The lowest BCUT2D eigenvalue weighted by atomic mass is 9.97. The first-order valence-electron chi connectivity index (χ1n) is 6.38. The zero-order chi connectivity index (χ0) is 14.7. The number of anilines is 1. The molecular formula is C16H19BrN2O. The van der Waals surface area contributed by atoms with E-state index in [1.807, 2.05) is 24.3 Å². The van der Waals surface area contributed by atoms with Gasteiger partial charge in [0.15, 0.2) is 0 Å². The second kappa shape index (κ2) is 6.29. The van der Waals surface area contributed by atoms with Gasteiger partial charge in [-0.25, -0.2) is 0 Å². The average Bonchev–Trinajstić information content (AvgIpc) is 2.39. The molecule has 0 aromatic heterocycles. The van der Waals surface area contributed by atoms with Gasteiger partial charge >= 0.3 is 0 Å². The SMILES string of the molecule is COc1ccc(C(c2cccc(N)c2)N(C)C)cc1Br. The molecule has 0 fully saturated rings. The molecule has 0 bridgehead atoms. The number of nitrogens with zero attached hydrogens (tertiary/aromatic N) is 1. The molecule has 0 aliphatic rings. The van der Waals surface area contributed by atoms with Crippen LogP contribution in [0.2, 0.25) is 0 Å². The molecule has 0 radical (unpaired) electrons. The van der Waals surface area contributed by atoms with Crippen molar-refractivity contribution in [2.24, 2.45) is 0 Å². The van der Waals surface area contributed by atoms with Crippen molar-refractivity contribution in [2.45, 2.75) is 6.04 Å². The second-order valence-electron chi connectivity index (χ2n) is 4.93. The molecule has 0 aliphatic heterocycles. The van der Waals surface area contributed by atoms with Crippen molar-refractivity contribution in [1.82, 2.24) is 4.90 Å². The third-order valence-electron chi connectivity index (χ3n) is 3.23. The molecule has 106 valence electrons. The summed E-state index contributed by atoms with van der Waals surface area (Å²) in [6, 6.07) is 14.3. The maximum absolute atomic E-state index is 5.90. The van der Waals surface area contributed by atoms with E-state index in [2.05, 4.69) is 53.1 Å². The van der Waals surface area contributed by atoms with Gasteiger partial charge in [0.25, 0.3) is 0 Å². The quantitative estimate of drug-likeness (QED) is 0.866. The van der Waals surface area contributed by atoms with Crippen LogP contribution in [0.25, 0.3) is 0 Å². The van der Waals surface area contributed by atoms with E-state index in [0.29, 0.717) is 0 Å². The monoisotopic (exact) mass is 334 g/mol. The molecule has 0 spiro atoms. The highest BCUT2D eigenvalue weighted by Gasteiger charge is 2.18. The molecule has 3 nitrogen and oxygen atoms in total. The van der Waals surface area contributed by atoms with Crippen LogP contribution in [0.1, 0.15) is 17.2 Å². The maximum Gasteiger partial charge on any atom is 0.133 e. The van der Waals surface area contributed by atoms with Gasteiger partial charge in [-0.15, -0.1) is 0 Å². The van der Waals surface area contributed by atoms with Gasteiger partial charge in [-0.2, -0.15) is 0 Å². The third kappa shape index (κ3) is 3.14. The van der Waals surface area contributed by atoms with Crippen LogP contribution < -0.4 is 10.5 Å². The summed E-state index contributed by atoms with van der Waals surface area (Å²) in [5, 5.41) is 0. The largest absolute Gasteiger partial charge is 0.496 e. The molecule has 2 N–H and O–H groups in total. The van der Waals surface area contributed by atoms with Crippen molar-refractivity contribution in [1.29, 1.82) is 0 Å². The van der Waals surface area contributed by atoms with E-state index in [0.717, 1.165) is 15.9 Å². The van der Waals surface area contributed by atoms with Crippen LogP contribution in [0.4, 0.5) is 5.69 Å². The fraction of sp³-hybridized carbons (Fsp3) is 0.250. The molecule has 0 saturated carbocycles. The van der Waals surface area contributed by atoms with Crippen LogP contribution >= 0.6 is 15.9 Å². The fourth-order valence-electron chi connectivity index (χ4n) is 2.37. The van der Waals surface area contributed by atoms with Crippen LogP contribution in [-0.2, 0) is 0 Å². The Morgan fingerprint density at radius 1 is 1.10 bits per heavy atom. The van der Waals surface area contributed by atoms with Gasteiger partial charge in [0.2, 0.25) is 0 Å². The third-order valence-corrected chi connectivity index (χ3v) is 3.85. The minimum absolute atomic E-state index is 0.153. The van der Waals surface area contributed by atoms with Gasteiger partial charge in [-0.05, 0) is 65.4 Å². The van der Waals surface area contributed by atoms with Gasteiger partial charge in [0.1, 0.15) is 5.75 Å². The zero-order valence-corrected chi connectivity index (χ0v) is 13.5. The van der Waals surface area contributed by atoms with Crippen molar-refractivity contribution in [3.63, 3.8) is 0 Å². The number of hydrogen-bond acceptors (Lipinski definition) is 3. The lowest BCUT2D eigenvalue weighted by Gasteiger charge is -2.26. The molecule has 1 atom stereocenters. The summed E-state index contributed by atoms with van der Waals surface area (Å²) in [6.45, 7) is 0. The molecule has 0 saturated heterocycles. The molecule has 0 aliphatic carbocycles. The number of rotatable bonds is 4. The Morgan fingerprint density at radius 3 is 2.35 bits per heavy atom. The topological polar surface area (TPSA) is 38.5 Å². The molecule has 2 rings (SSSR count). The second-order valence-corrected chi connectivity index (χ2v) is 5.78. The van der Waals surface area contributed by atoms with Gasteiger partial charge in [0.05, 0.1) is 17.6 Å². The van der Waals surface area contributed by atoms with Gasteiger partial charge in [0, 0.05) is 5.69 Å². The summed E-state index contributed by atoms with van der Waals surface area (Å²) in [7, 11) is 5.79. The van der Waals surface area contributed by atoms with Gasteiger partial charge in [-0.3, -0.25) is 4.90 Å². The van der Waals surface area contributed by atoms with Crippen molar-refractivity contribution < 1.29 is 4.74 Å². The molecule has 2 aromatic carbocycles. The summed E-state index contributed by atoms with van der Waals surface area (Å²) < 4.78 is 6.24. The molecule has 20 heavy (non-hydrogen) atoms. The average molecular weight is 335 g/mol. The first-order chi connectivity index (χ1) is 9.52. The summed E-state index contributed by atoms with van der Waals surface area (Å²) in [5.41, 5.74) is 9.04. The van der Waals surface area contributed by atoms with E-state index in [1.165, 1.54) is 11.1 Å². The minimum Gasteiger partial charge on any atom is -0.496 e. The first-order valence-corrected chi connectivity index (χ1v) is 7.17. The Morgan fingerprint density at radius 2 is 1.80 bits per heavy atom. The van der Waals surface area contributed by atoms with Crippen molar-refractivity contribution in [2.75, 3.05) is 26.9 Å². The normalized spacial score (nSPS) is 12.4. The van der Waals surface area contributed by atoms with E-state index >= 15 is 0 Å². The van der Waals surface area contributed by atoms with Crippen LogP contribution in [0.5, 0.6) is 5.75 Å². The molecular weight excluding hydrogens is 316 g/mol. The van der Waals surface area contributed by atoms with Crippen LogP contribution in [-0.4, -0.2) is 26.1 Å². The number of benzene rings is 2. The van der Waals surface area contributed by atoms with Crippen molar-refractivity contribution >= 4 is 21.6 Å². The Hall–Kier alpha value is -1.52. The Labute approximate surface area is 128 Å². The highest BCUT2D eigenvalue weighted by molar-refractivity contribution is 9.10. The zero-order valence-electron chi connectivity index (χ0n) is 11.9. The summed E-state index contributed by atoms with van der Waals surface area (Å²) >= 11 is 3.54. The van der Waals surface area contributed by atoms with Crippen LogP contribution in [0, 0.1) is 0 Å². The highest BCUT2D eigenvalue weighted by atomic mass is 79.9. The van der Waals surface area contributed by atoms with Crippen molar-refractivity contribution in [3.8, 4) is 5.75 Å². The minimum atomic E-state index is 0.153. The fourth-order valence-corrected chi connectivity index (χ4v) is 2.93. The summed E-state index contributed by atoms with van der Waals surface area (Å²) in [6.07, 6.45) is 0. The number of methoxy groups -OCH3 is 1. The first kappa shape index (κ1) is 14.9. The molecule has 2 aromatic rings.